The molecule has 0 radical (unpaired) electrons. The number of hydrogen-bond donors (Lipinski definition) is 2. The van der Waals surface area contributed by atoms with Crippen molar-refractivity contribution in [1.29, 1.82) is 0 Å². The van der Waals surface area contributed by atoms with Crippen LogP contribution < -0.4 is 11.1 Å². The van der Waals surface area contributed by atoms with E-state index in [-0.39, 0.29) is 5.82 Å². The molecule has 4 nitrogen and oxygen atoms in total. The molecule has 0 aromatic heterocycles. The van der Waals surface area contributed by atoms with Gasteiger partial charge in [-0.3, -0.25) is 0 Å². The Morgan fingerprint density at radius 3 is 2.33 bits per heavy atom. The molecule has 1 aliphatic rings. The van der Waals surface area contributed by atoms with E-state index in [2.05, 4.69) is 23.4 Å². The van der Waals surface area contributed by atoms with Crippen molar-refractivity contribution in [3.63, 3.8) is 0 Å². The number of rotatable bonds is 6. The maximum absolute atomic E-state index is 12.9. The van der Waals surface area contributed by atoms with Gasteiger partial charge in [-0.15, -0.1) is 0 Å². The summed E-state index contributed by atoms with van der Waals surface area (Å²) < 4.78 is 12.9. The normalized spacial score (nSPS) is 16.1. The molecular weight excluding hydrogens is 327 g/mol. The highest BCUT2D eigenvalue weighted by Crippen LogP contribution is 2.17. The number of allylic oxidation sites excluding steroid dienone is 4. The Bertz CT molecular complexity index is 643. The molecule has 1 aliphatic heterocycles. The molecule has 1 saturated heterocycles. The second kappa shape index (κ2) is 8.45. The largest absolute Gasteiger partial charge is 0.384 e. The van der Waals surface area contributed by atoms with Gasteiger partial charge in [0.15, 0.2) is 0 Å². The predicted octanol–water partition coefficient (Wildman–Crippen LogP) is 3.44. The van der Waals surface area contributed by atoms with E-state index >= 15 is 0 Å². The first-order valence-corrected chi connectivity index (χ1v) is 8.05. The van der Waals surface area contributed by atoms with E-state index in [1.165, 1.54) is 12.1 Å². The molecule has 2 rings (SSSR count). The van der Waals surface area contributed by atoms with E-state index in [1.807, 2.05) is 4.90 Å². The summed E-state index contributed by atoms with van der Waals surface area (Å²) in [5, 5.41) is 3.69. The zero-order chi connectivity index (χ0) is 17.5. The first-order valence-electron chi connectivity index (χ1n) is 7.67. The van der Waals surface area contributed by atoms with Gasteiger partial charge in [0.05, 0.1) is 10.9 Å². The zero-order valence-electron chi connectivity index (χ0n) is 13.5. The Morgan fingerprint density at radius 2 is 1.75 bits per heavy atom. The molecule has 6 heteroatoms. The lowest BCUT2D eigenvalue weighted by molar-refractivity contribution is 0.192. The van der Waals surface area contributed by atoms with Crippen LogP contribution in [0.15, 0.2) is 72.3 Å². The summed E-state index contributed by atoms with van der Waals surface area (Å²) in [6, 6.07) is 6.20. The standard InChI is InChI=1S/C18H22ClFN4/c1-3-4-5-17(19)18(21)24-12-10-23(11-13-24)14(2)22-16-8-6-15(20)7-9-16/h3-9,22H,1-2,10-13,21H2/b5-4-,18-17-. The van der Waals surface area contributed by atoms with Gasteiger partial charge in [-0.2, -0.15) is 0 Å². The molecule has 0 atom stereocenters. The molecule has 0 amide bonds. The molecule has 3 N–H and O–H groups in total. The fraction of sp³-hybridized carbons (Fsp3) is 0.222. The smallest absolute Gasteiger partial charge is 0.123 e. The van der Waals surface area contributed by atoms with Gasteiger partial charge in [0.1, 0.15) is 11.6 Å². The molecule has 0 aliphatic carbocycles. The summed E-state index contributed by atoms with van der Waals surface area (Å²) >= 11 is 6.17. The van der Waals surface area contributed by atoms with Gasteiger partial charge in [0.25, 0.3) is 0 Å². The van der Waals surface area contributed by atoms with Crippen LogP contribution in [0.2, 0.25) is 0 Å². The lowest BCUT2D eigenvalue weighted by Crippen LogP contribution is -2.47. The Labute approximate surface area is 147 Å². The summed E-state index contributed by atoms with van der Waals surface area (Å²) in [6.07, 6.45) is 5.13. The van der Waals surface area contributed by atoms with E-state index in [1.54, 1.807) is 30.4 Å². The Balaban J connectivity index is 1.90. The molecule has 128 valence electrons. The molecule has 1 heterocycles. The summed E-state index contributed by atoms with van der Waals surface area (Å²) in [6.45, 7) is 10.7. The average molecular weight is 349 g/mol. The van der Waals surface area contributed by atoms with Gasteiger partial charge in [-0.1, -0.05) is 36.9 Å². The Hall–Kier alpha value is -2.40. The number of nitrogens with zero attached hydrogens (tertiary/aromatic N) is 2. The van der Waals surface area contributed by atoms with Crippen molar-refractivity contribution in [1.82, 2.24) is 9.80 Å². The van der Waals surface area contributed by atoms with Gasteiger partial charge in [-0.05, 0) is 30.3 Å². The predicted molar refractivity (Wildman–Crippen MR) is 98.7 cm³/mol. The quantitative estimate of drug-likeness (QED) is 0.773. The van der Waals surface area contributed by atoms with Crippen molar-refractivity contribution in [2.45, 2.75) is 0 Å². The lowest BCUT2D eigenvalue weighted by Gasteiger charge is -2.38. The highest BCUT2D eigenvalue weighted by molar-refractivity contribution is 6.31. The van der Waals surface area contributed by atoms with Crippen LogP contribution in [0.4, 0.5) is 10.1 Å². The topological polar surface area (TPSA) is 44.5 Å². The molecule has 0 unspecified atom stereocenters. The van der Waals surface area contributed by atoms with Crippen LogP contribution >= 0.6 is 11.6 Å². The first kappa shape index (κ1) is 17.9. The maximum atomic E-state index is 12.9. The van der Waals surface area contributed by atoms with Gasteiger partial charge in [0.2, 0.25) is 0 Å². The van der Waals surface area contributed by atoms with Crippen LogP contribution in [0.25, 0.3) is 0 Å². The third-order valence-electron chi connectivity index (χ3n) is 3.76. The van der Waals surface area contributed by atoms with Crippen LogP contribution in [0.5, 0.6) is 0 Å². The van der Waals surface area contributed by atoms with Gasteiger partial charge < -0.3 is 20.9 Å². The summed E-state index contributed by atoms with van der Waals surface area (Å²) in [5.74, 6) is 1.08. The molecule has 24 heavy (non-hydrogen) atoms. The summed E-state index contributed by atoms with van der Waals surface area (Å²) in [5.41, 5.74) is 6.89. The van der Waals surface area contributed by atoms with Crippen molar-refractivity contribution in [3.8, 4) is 0 Å². The van der Waals surface area contributed by atoms with Crippen LogP contribution in [0.3, 0.4) is 0 Å². The minimum absolute atomic E-state index is 0.260. The minimum Gasteiger partial charge on any atom is -0.384 e. The number of hydrogen-bond acceptors (Lipinski definition) is 4. The van der Waals surface area contributed by atoms with Crippen molar-refractivity contribution < 1.29 is 4.39 Å². The zero-order valence-corrected chi connectivity index (χ0v) is 14.3. The second-order valence-corrected chi connectivity index (χ2v) is 5.79. The van der Waals surface area contributed by atoms with Crippen molar-refractivity contribution >= 4 is 17.3 Å². The van der Waals surface area contributed by atoms with Gasteiger partial charge in [0, 0.05) is 31.9 Å². The third kappa shape index (κ3) is 4.80. The highest BCUT2D eigenvalue weighted by Gasteiger charge is 2.19. The highest BCUT2D eigenvalue weighted by atomic mass is 35.5. The summed E-state index contributed by atoms with van der Waals surface area (Å²) in [7, 11) is 0. The number of halogens is 2. The van der Waals surface area contributed by atoms with Gasteiger partial charge >= 0.3 is 0 Å². The molecule has 0 bridgehead atoms. The molecule has 0 spiro atoms. The first-order chi connectivity index (χ1) is 11.5. The Morgan fingerprint density at radius 1 is 1.17 bits per heavy atom. The second-order valence-electron chi connectivity index (χ2n) is 5.38. The van der Waals surface area contributed by atoms with Crippen molar-refractivity contribution in [2.75, 3.05) is 31.5 Å². The SMILES string of the molecule is C=C/C=C\C(Cl)=C(/N)N1CCN(C(=C)Nc2ccc(F)cc2)CC1. The molecular formula is C18H22ClFN4. The van der Waals surface area contributed by atoms with Crippen LogP contribution in [-0.2, 0) is 0 Å². The average Bonchev–Trinajstić information content (AvgIpc) is 2.61. The van der Waals surface area contributed by atoms with Crippen LogP contribution in [0, 0.1) is 5.82 Å². The molecule has 1 fully saturated rings. The number of benzene rings is 1. The maximum Gasteiger partial charge on any atom is 0.123 e. The van der Waals surface area contributed by atoms with E-state index in [4.69, 9.17) is 17.3 Å². The van der Waals surface area contributed by atoms with E-state index in [9.17, 15) is 4.39 Å². The number of nitrogens with two attached hydrogens (primary N) is 1. The summed E-state index contributed by atoms with van der Waals surface area (Å²) in [4.78, 5) is 4.16. The monoisotopic (exact) mass is 348 g/mol. The van der Waals surface area contributed by atoms with Crippen molar-refractivity contribution in [3.05, 3.63) is 78.1 Å². The fourth-order valence-corrected chi connectivity index (χ4v) is 2.58. The lowest BCUT2D eigenvalue weighted by atomic mass is 10.3. The number of piperazine rings is 1. The third-order valence-corrected chi connectivity index (χ3v) is 4.08. The van der Waals surface area contributed by atoms with Crippen LogP contribution in [-0.4, -0.2) is 36.0 Å². The van der Waals surface area contributed by atoms with Crippen LogP contribution in [0.1, 0.15) is 0 Å². The molecule has 1 aromatic carbocycles. The van der Waals surface area contributed by atoms with E-state index < -0.39 is 0 Å². The fourth-order valence-electron chi connectivity index (χ4n) is 2.39. The van der Waals surface area contributed by atoms with E-state index in [0.29, 0.717) is 10.9 Å². The van der Waals surface area contributed by atoms with Crippen molar-refractivity contribution in [2.24, 2.45) is 5.73 Å². The van der Waals surface area contributed by atoms with Gasteiger partial charge in [-0.25, -0.2) is 4.39 Å². The molecule has 0 saturated carbocycles. The molecule has 1 aromatic rings. The number of nitrogens with one attached hydrogen (secondary N) is 1. The Kier molecular flexibility index (Phi) is 6.32. The number of anilines is 1. The minimum atomic E-state index is -0.260. The van der Waals surface area contributed by atoms with E-state index in [0.717, 1.165) is 37.7 Å².